The number of hydrogen-bond acceptors (Lipinski definition) is 3. The molecule has 4 nitrogen and oxygen atoms in total. The Morgan fingerprint density at radius 1 is 1.10 bits per heavy atom. The van der Waals surface area contributed by atoms with Crippen LogP contribution in [0.5, 0.6) is 11.5 Å². The lowest BCUT2D eigenvalue weighted by Gasteiger charge is -2.18. The van der Waals surface area contributed by atoms with Gasteiger partial charge in [0.15, 0.2) is 11.5 Å². The van der Waals surface area contributed by atoms with Gasteiger partial charge in [0, 0.05) is 6.04 Å². The molecule has 0 atom stereocenters. The predicted molar refractivity (Wildman–Crippen MR) is 78.5 cm³/mol. The molecule has 0 aliphatic heterocycles. The summed E-state index contributed by atoms with van der Waals surface area (Å²) in [6.45, 7) is 0. The van der Waals surface area contributed by atoms with Crippen molar-refractivity contribution < 1.29 is 14.3 Å². The van der Waals surface area contributed by atoms with E-state index in [1.54, 1.807) is 26.4 Å². The van der Waals surface area contributed by atoms with Gasteiger partial charge in [-0.05, 0) is 25.0 Å². The van der Waals surface area contributed by atoms with Crippen LogP contribution in [0.4, 0.5) is 0 Å². The van der Waals surface area contributed by atoms with Crippen LogP contribution in [0.1, 0.15) is 48.9 Å². The largest absolute Gasteiger partial charge is 0.493 e. The summed E-state index contributed by atoms with van der Waals surface area (Å²) in [7, 11) is 3.13. The molecule has 1 amide bonds. The zero-order valence-electron chi connectivity index (χ0n) is 12.3. The molecule has 2 rings (SSSR count). The molecule has 0 bridgehead atoms. The predicted octanol–water partition coefficient (Wildman–Crippen LogP) is 3.16. The van der Waals surface area contributed by atoms with Crippen LogP contribution in [-0.4, -0.2) is 26.2 Å². The molecule has 0 radical (unpaired) electrons. The van der Waals surface area contributed by atoms with Gasteiger partial charge >= 0.3 is 0 Å². The molecule has 1 aromatic rings. The Kier molecular flexibility index (Phi) is 5.27. The zero-order valence-corrected chi connectivity index (χ0v) is 12.3. The number of hydrogen-bond donors (Lipinski definition) is 1. The van der Waals surface area contributed by atoms with Crippen LogP contribution in [-0.2, 0) is 0 Å². The lowest BCUT2D eigenvalue weighted by molar-refractivity contribution is 0.0929. The van der Waals surface area contributed by atoms with E-state index < -0.39 is 0 Å². The molecule has 0 spiro atoms. The maximum atomic E-state index is 12.4. The van der Waals surface area contributed by atoms with Gasteiger partial charge in [0.1, 0.15) is 0 Å². The Bertz CT molecular complexity index is 451. The van der Waals surface area contributed by atoms with Gasteiger partial charge in [-0.2, -0.15) is 0 Å². The Balaban J connectivity index is 2.12. The molecule has 110 valence electrons. The van der Waals surface area contributed by atoms with E-state index in [0.29, 0.717) is 17.1 Å². The first-order valence-corrected chi connectivity index (χ1v) is 7.28. The van der Waals surface area contributed by atoms with E-state index in [9.17, 15) is 4.79 Å². The van der Waals surface area contributed by atoms with Crippen molar-refractivity contribution in [1.82, 2.24) is 5.32 Å². The number of benzene rings is 1. The van der Waals surface area contributed by atoms with Crippen molar-refractivity contribution in [3.63, 3.8) is 0 Å². The summed E-state index contributed by atoms with van der Waals surface area (Å²) in [5, 5.41) is 3.13. The number of amides is 1. The SMILES string of the molecule is COc1cccc(C(=O)NC2CCCCCC2)c1OC. The van der Waals surface area contributed by atoms with Crippen LogP contribution < -0.4 is 14.8 Å². The molecule has 0 aromatic heterocycles. The Morgan fingerprint density at radius 2 is 1.80 bits per heavy atom. The number of carbonyl (C=O) groups is 1. The summed E-state index contributed by atoms with van der Waals surface area (Å²) >= 11 is 0. The third kappa shape index (κ3) is 3.44. The highest BCUT2D eigenvalue weighted by Crippen LogP contribution is 2.30. The minimum absolute atomic E-state index is 0.0762. The van der Waals surface area contributed by atoms with E-state index in [4.69, 9.17) is 9.47 Å². The van der Waals surface area contributed by atoms with E-state index in [2.05, 4.69) is 5.32 Å². The normalized spacial score (nSPS) is 16.3. The summed E-state index contributed by atoms with van der Waals surface area (Å²) in [4.78, 5) is 12.4. The van der Waals surface area contributed by atoms with Gasteiger partial charge in [-0.15, -0.1) is 0 Å². The fraction of sp³-hybridized carbons (Fsp3) is 0.562. The van der Waals surface area contributed by atoms with E-state index >= 15 is 0 Å². The number of ether oxygens (including phenoxy) is 2. The van der Waals surface area contributed by atoms with E-state index in [-0.39, 0.29) is 11.9 Å². The highest BCUT2D eigenvalue weighted by Gasteiger charge is 2.20. The first kappa shape index (κ1) is 14.7. The van der Waals surface area contributed by atoms with Gasteiger partial charge in [0.05, 0.1) is 19.8 Å². The minimum atomic E-state index is -0.0762. The zero-order chi connectivity index (χ0) is 14.4. The molecule has 1 aromatic carbocycles. The fourth-order valence-electron chi connectivity index (χ4n) is 2.75. The molecule has 1 aliphatic rings. The van der Waals surface area contributed by atoms with Crippen molar-refractivity contribution in [3.05, 3.63) is 23.8 Å². The van der Waals surface area contributed by atoms with Crippen molar-refractivity contribution in [1.29, 1.82) is 0 Å². The lowest BCUT2D eigenvalue weighted by atomic mass is 10.1. The number of nitrogens with one attached hydrogen (secondary N) is 1. The van der Waals surface area contributed by atoms with Crippen LogP contribution in [0.2, 0.25) is 0 Å². The third-order valence-electron chi connectivity index (χ3n) is 3.84. The van der Waals surface area contributed by atoms with Gasteiger partial charge < -0.3 is 14.8 Å². The van der Waals surface area contributed by atoms with Gasteiger partial charge in [-0.25, -0.2) is 0 Å². The second-order valence-electron chi connectivity index (χ2n) is 5.20. The van der Waals surface area contributed by atoms with Gasteiger partial charge in [0.25, 0.3) is 5.91 Å². The Labute approximate surface area is 120 Å². The average Bonchev–Trinajstić information content (AvgIpc) is 2.74. The van der Waals surface area contributed by atoms with Crippen molar-refractivity contribution in [3.8, 4) is 11.5 Å². The molecule has 1 saturated carbocycles. The maximum absolute atomic E-state index is 12.4. The molecule has 0 heterocycles. The van der Waals surface area contributed by atoms with Crippen molar-refractivity contribution in [2.75, 3.05) is 14.2 Å². The topological polar surface area (TPSA) is 47.6 Å². The molecule has 1 fully saturated rings. The van der Waals surface area contributed by atoms with Gasteiger partial charge in [-0.3, -0.25) is 4.79 Å². The van der Waals surface area contributed by atoms with E-state index in [1.165, 1.54) is 25.7 Å². The van der Waals surface area contributed by atoms with Gasteiger partial charge in [-0.1, -0.05) is 31.7 Å². The van der Waals surface area contributed by atoms with Crippen LogP contribution in [0.25, 0.3) is 0 Å². The average molecular weight is 277 g/mol. The fourth-order valence-corrected chi connectivity index (χ4v) is 2.75. The highest BCUT2D eigenvalue weighted by molar-refractivity contribution is 5.98. The minimum Gasteiger partial charge on any atom is -0.493 e. The molecule has 0 unspecified atom stereocenters. The quantitative estimate of drug-likeness (QED) is 0.860. The Morgan fingerprint density at radius 3 is 2.40 bits per heavy atom. The first-order chi connectivity index (χ1) is 9.76. The monoisotopic (exact) mass is 277 g/mol. The lowest BCUT2D eigenvalue weighted by Crippen LogP contribution is -2.34. The molecular formula is C16H23NO3. The van der Waals surface area contributed by atoms with Crippen LogP contribution in [0.15, 0.2) is 18.2 Å². The first-order valence-electron chi connectivity index (χ1n) is 7.28. The molecular weight excluding hydrogens is 254 g/mol. The standard InChI is InChI=1S/C16H23NO3/c1-19-14-11-7-10-13(15(14)20-2)16(18)17-12-8-5-3-4-6-9-12/h7,10-12H,3-6,8-9H2,1-2H3,(H,17,18). The maximum Gasteiger partial charge on any atom is 0.255 e. The smallest absolute Gasteiger partial charge is 0.255 e. The second kappa shape index (κ2) is 7.17. The summed E-state index contributed by atoms with van der Waals surface area (Å²) in [6, 6.07) is 5.65. The molecule has 1 aliphatic carbocycles. The summed E-state index contributed by atoms with van der Waals surface area (Å²) in [5.74, 6) is 1.01. The molecule has 20 heavy (non-hydrogen) atoms. The number of para-hydroxylation sites is 1. The van der Waals surface area contributed by atoms with Crippen molar-refractivity contribution in [2.45, 2.75) is 44.6 Å². The summed E-state index contributed by atoms with van der Waals surface area (Å²) < 4.78 is 10.5. The second-order valence-corrected chi connectivity index (χ2v) is 5.20. The third-order valence-corrected chi connectivity index (χ3v) is 3.84. The summed E-state index contributed by atoms with van der Waals surface area (Å²) in [5.41, 5.74) is 0.538. The number of rotatable bonds is 4. The van der Waals surface area contributed by atoms with Crippen LogP contribution in [0, 0.1) is 0 Å². The molecule has 0 saturated heterocycles. The molecule has 4 heteroatoms. The van der Waals surface area contributed by atoms with Crippen molar-refractivity contribution in [2.24, 2.45) is 0 Å². The van der Waals surface area contributed by atoms with E-state index in [0.717, 1.165) is 12.8 Å². The highest BCUT2D eigenvalue weighted by atomic mass is 16.5. The van der Waals surface area contributed by atoms with Crippen LogP contribution >= 0.6 is 0 Å². The van der Waals surface area contributed by atoms with Crippen LogP contribution in [0.3, 0.4) is 0 Å². The summed E-state index contributed by atoms with van der Waals surface area (Å²) in [6.07, 6.45) is 7.07. The molecule has 1 N–H and O–H groups in total. The van der Waals surface area contributed by atoms with Crippen molar-refractivity contribution >= 4 is 5.91 Å². The Hall–Kier alpha value is -1.71. The van der Waals surface area contributed by atoms with E-state index in [1.807, 2.05) is 6.07 Å². The number of carbonyl (C=O) groups excluding carboxylic acids is 1. The van der Waals surface area contributed by atoms with Gasteiger partial charge in [0.2, 0.25) is 0 Å². The number of methoxy groups -OCH3 is 2.